The molecule has 3 nitrogen and oxygen atoms in total. The van der Waals surface area contributed by atoms with Crippen LogP contribution in [0.1, 0.15) is 25.6 Å². The molecule has 18 heavy (non-hydrogen) atoms. The molecule has 0 saturated heterocycles. The lowest BCUT2D eigenvalue weighted by atomic mass is 10.1. The zero-order chi connectivity index (χ0) is 13.3. The number of H-pyrrole nitrogens is 1. The molecule has 2 rings (SSSR count). The summed E-state index contributed by atoms with van der Waals surface area (Å²) < 4.78 is 0. The van der Waals surface area contributed by atoms with Gasteiger partial charge in [0.05, 0.1) is 10.7 Å². The van der Waals surface area contributed by atoms with Gasteiger partial charge in [0.25, 0.3) is 5.56 Å². The average Bonchev–Trinajstić information content (AvgIpc) is 2.31. The predicted octanol–water partition coefficient (Wildman–Crippen LogP) is 3.87. The molecule has 5 heteroatoms. The Balaban J connectivity index is 2.63. The summed E-state index contributed by atoms with van der Waals surface area (Å²) in [6, 6.07) is 6.51. The maximum atomic E-state index is 11.6. The number of hydrogen-bond acceptors (Lipinski definition) is 2. The molecule has 1 aromatic carbocycles. The molecule has 0 amide bonds. The second kappa shape index (κ2) is 5.12. The van der Waals surface area contributed by atoms with E-state index in [4.69, 9.17) is 23.2 Å². The highest BCUT2D eigenvalue weighted by atomic mass is 35.5. The molecule has 0 saturated carbocycles. The molecular formula is C13H12Cl2N2O. The first-order valence-corrected chi connectivity index (χ1v) is 6.29. The number of hydrogen-bond donors (Lipinski definition) is 1. The van der Waals surface area contributed by atoms with E-state index in [1.54, 1.807) is 18.2 Å². The second-order valence-corrected chi connectivity index (χ2v) is 5.14. The van der Waals surface area contributed by atoms with E-state index in [0.29, 0.717) is 27.1 Å². The van der Waals surface area contributed by atoms with Crippen molar-refractivity contribution < 1.29 is 0 Å². The second-order valence-electron chi connectivity index (χ2n) is 4.29. The summed E-state index contributed by atoms with van der Waals surface area (Å²) in [6.45, 7) is 3.92. The monoisotopic (exact) mass is 282 g/mol. The molecule has 0 fully saturated rings. The fraction of sp³-hybridized carbons (Fsp3) is 0.231. The largest absolute Gasteiger partial charge is 0.310 e. The first-order chi connectivity index (χ1) is 8.47. The quantitative estimate of drug-likeness (QED) is 0.909. The summed E-state index contributed by atoms with van der Waals surface area (Å²) in [5.74, 6) is 0.768. The predicted molar refractivity (Wildman–Crippen MR) is 74.4 cm³/mol. The van der Waals surface area contributed by atoms with E-state index < -0.39 is 0 Å². The van der Waals surface area contributed by atoms with E-state index in [2.05, 4.69) is 9.97 Å². The molecule has 0 aliphatic heterocycles. The van der Waals surface area contributed by atoms with Crippen molar-refractivity contribution in [1.29, 1.82) is 0 Å². The number of nitrogens with one attached hydrogen (secondary N) is 1. The van der Waals surface area contributed by atoms with E-state index >= 15 is 0 Å². The third-order valence-corrected chi connectivity index (χ3v) is 3.08. The normalized spacial score (nSPS) is 10.9. The van der Waals surface area contributed by atoms with Crippen LogP contribution in [0.3, 0.4) is 0 Å². The molecule has 0 unspecified atom stereocenters. The summed E-state index contributed by atoms with van der Waals surface area (Å²) in [6.07, 6.45) is 0. The lowest BCUT2D eigenvalue weighted by molar-refractivity contribution is 0.768. The summed E-state index contributed by atoms with van der Waals surface area (Å²) in [5.41, 5.74) is 1.01. The third-order valence-electron chi connectivity index (χ3n) is 2.51. The molecule has 0 radical (unpaired) electrons. The molecule has 1 heterocycles. The maximum Gasteiger partial charge on any atom is 0.251 e. The smallest absolute Gasteiger partial charge is 0.251 e. The zero-order valence-corrected chi connectivity index (χ0v) is 11.5. The Morgan fingerprint density at radius 1 is 1.22 bits per heavy atom. The van der Waals surface area contributed by atoms with Crippen LogP contribution in [0, 0.1) is 0 Å². The topological polar surface area (TPSA) is 45.8 Å². The fourth-order valence-electron chi connectivity index (χ4n) is 1.58. The van der Waals surface area contributed by atoms with Crippen molar-refractivity contribution in [3.63, 3.8) is 0 Å². The van der Waals surface area contributed by atoms with Gasteiger partial charge in [-0.25, -0.2) is 4.98 Å². The summed E-state index contributed by atoms with van der Waals surface area (Å²) >= 11 is 12.0. The molecule has 0 spiro atoms. The van der Waals surface area contributed by atoms with E-state index in [1.807, 2.05) is 13.8 Å². The Bertz CT molecular complexity index is 635. The molecule has 1 aromatic heterocycles. The van der Waals surface area contributed by atoms with Gasteiger partial charge < -0.3 is 4.98 Å². The lowest BCUT2D eigenvalue weighted by Gasteiger charge is -2.08. The van der Waals surface area contributed by atoms with Crippen molar-refractivity contribution in [2.75, 3.05) is 0 Å². The number of halogens is 2. The average molecular weight is 283 g/mol. The van der Waals surface area contributed by atoms with Gasteiger partial charge in [0, 0.05) is 22.6 Å². The van der Waals surface area contributed by atoms with Crippen molar-refractivity contribution in [2.24, 2.45) is 0 Å². The van der Waals surface area contributed by atoms with Crippen LogP contribution in [0.5, 0.6) is 0 Å². The number of aromatic nitrogens is 2. The first kappa shape index (κ1) is 13.1. The lowest BCUT2D eigenvalue weighted by Crippen LogP contribution is -2.12. The van der Waals surface area contributed by atoms with Crippen LogP contribution in [0.25, 0.3) is 11.3 Å². The zero-order valence-electron chi connectivity index (χ0n) is 10.00. The van der Waals surface area contributed by atoms with Crippen LogP contribution >= 0.6 is 23.2 Å². The minimum absolute atomic E-state index is 0.135. The van der Waals surface area contributed by atoms with Crippen LogP contribution in [-0.2, 0) is 0 Å². The first-order valence-electron chi connectivity index (χ1n) is 5.54. The minimum Gasteiger partial charge on any atom is -0.310 e. The van der Waals surface area contributed by atoms with Gasteiger partial charge in [-0.3, -0.25) is 4.79 Å². The van der Waals surface area contributed by atoms with Gasteiger partial charge in [0.2, 0.25) is 0 Å². The van der Waals surface area contributed by atoms with Gasteiger partial charge in [-0.2, -0.15) is 0 Å². The third kappa shape index (κ3) is 2.74. The molecule has 94 valence electrons. The molecule has 0 atom stereocenters. The standard InChI is InChI=1S/C13H12Cl2N2O/c1-7(2)13-16-11(6-12(18)17-13)9-5-8(14)3-4-10(9)15/h3-7H,1-2H3,(H,16,17,18). The van der Waals surface area contributed by atoms with Crippen LogP contribution < -0.4 is 5.56 Å². The number of nitrogens with zero attached hydrogens (tertiary/aromatic N) is 1. The Hall–Kier alpha value is -1.32. The minimum atomic E-state index is -0.195. The van der Waals surface area contributed by atoms with Crippen molar-refractivity contribution in [3.05, 3.63) is 50.5 Å². The Kier molecular flexibility index (Phi) is 3.73. The Morgan fingerprint density at radius 2 is 1.94 bits per heavy atom. The molecular weight excluding hydrogens is 271 g/mol. The summed E-state index contributed by atoms with van der Waals surface area (Å²) in [7, 11) is 0. The van der Waals surface area contributed by atoms with Crippen molar-refractivity contribution in [2.45, 2.75) is 19.8 Å². The highest BCUT2D eigenvalue weighted by molar-refractivity contribution is 6.35. The summed E-state index contributed by atoms with van der Waals surface area (Å²) in [4.78, 5) is 18.7. The van der Waals surface area contributed by atoms with Gasteiger partial charge in [-0.1, -0.05) is 37.0 Å². The number of benzene rings is 1. The van der Waals surface area contributed by atoms with Gasteiger partial charge >= 0.3 is 0 Å². The SMILES string of the molecule is CC(C)c1nc(-c2cc(Cl)ccc2Cl)cc(=O)[nH]1. The maximum absolute atomic E-state index is 11.6. The molecule has 0 aliphatic carbocycles. The van der Waals surface area contributed by atoms with Gasteiger partial charge in [-0.05, 0) is 18.2 Å². The summed E-state index contributed by atoms with van der Waals surface area (Å²) in [5, 5.41) is 1.08. The Labute approximate surface area is 115 Å². The van der Waals surface area contributed by atoms with Crippen LogP contribution in [0.2, 0.25) is 10.0 Å². The highest BCUT2D eigenvalue weighted by Crippen LogP contribution is 2.29. The molecule has 0 aliphatic rings. The van der Waals surface area contributed by atoms with Gasteiger partial charge in [0.15, 0.2) is 0 Å². The Morgan fingerprint density at radius 3 is 2.61 bits per heavy atom. The van der Waals surface area contributed by atoms with E-state index in [0.717, 1.165) is 0 Å². The van der Waals surface area contributed by atoms with E-state index in [1.165, 1.54) is 6.07 Å². The van der Waals surface area contributed by atoms with Gasteiger partial charge in [0.1, 0.15) is 5.82 Å². The van der Waals surface area contributed by atoms with Crippen molar-refractivity contribution >= 4 is 23.2 Å². The fourth-order valence-corrected chi connectivity index (χ4v) is 1.97. The number of aromatic amines is 1. The van der Waals surface area contributed by atoms with Crippen LogP contribution in [0.15, 0.2) is 29.1 Å². The number of rotatable bonds is 2. The van der Waals surface area contributed by atoms with Crippen LogP contribution in [0.4, 0.5) is 0 Å². The molecule has 0 bridgehead atoms. The molecule has 2 aromatic rings. The van der Waals surface area contributed by atoms with Crippen molar-refractivity contribution in [3.8, 4) is 11.3 Å². The van der Waals surface area contributed by atoms with Crippen LogP contribution in [-0.4, -0.2) is 9.97 Å². The van der Waals surface area contributed by atoms with Crippen molar-refractivity contribution in [1.82, 2.24) is 9.97 Å². The van der Waals surface area contributed by atoms with E-state index in [9.17, 15) is 4.79 Å². The van der Waals surface area contributed by atoms with Gasteiger partial charge in [-0.15, -0.1) is 0 Å². The molecule has 1 N–H and O–H groups in total. The highest BCUT2D eigenvalue weighted by Gasteiger charge is 2.10. The van der Waals surface area contributed by atoms with E-state index in [-0.39, 0.29) is 11.5 Å².